The Balaban J connectivity index is 2.06. The number of hydrogen-bond donors (Lipinski definition) is 1. The Bertz CT molecular complexity index is 575. The predicted molar refractivity (Wildman–Crippen MR) is 87.3 cm³/mol. The first-order chi connectivity index (χ1) is 8.86. The molecule has 19 heavy (non-hydrogen) atoms. The Morgan fingerprint density at radius 3 is 2.74 bits per heavy atom. The lowest BCUT2D eigenvalue weighted by Crippen LogP contribution is -2.11. The van der Waals surface area contributed by atoms with Gasteiger partial charge in [0.25, 0.3) is 0 Å². The van der Waals surface area contributed by atoms with Gasteiger partial charge in [-0.05, 0) is 34.1 Å². The number of hydrogen-bond acceptors (Lipinski definition) is 3. The number of aromatic nitrogens is 1. The lowest BCUT2D eigenvalue weighted by Gasteiger charge is -2.13. The van der Waals surface area contributed by atoms with Crippen LogP contribution in [0, 0.1) is 0 Å². The van der Waals surface area contributed by atoms with Crippen molar-refractivity contribution in [1.82, 2.24) is 4.98 Å². The lowest BCUT2D eigenvalue weighted by atomic mass is 9.98. The van der Waals surface area contributed by atoms with Crippen LogP contribution in [0.5, 0.6) is 0 Å². The van der Waals surface area contributed by atoms with Crippen LogP contribution >= 0.6 is 38.9 Å². The van der Waals surface area contributed by atoms with Crippen molar-refractivity contribution in [3.8, 4) is 0 Å². The zero-order valence-corrected chi connectivity index (χ0v) is 14.3. The summed E-state index contributed by atoms with van der Waals surface area (Å²) in [6, 6.07) is 5.70. The van der Waals surface area contributed by atoms with E-state index in [0.717, 1.165) is 25.9 Å². The third-order valence-corrected chi connectivity index (χ3v) is 4.83. The van der Waals surface area contributed by atoms with Crippen molar-refractivity contribution >= 4 is 44.6 Å². The van der Waals surface area contributed by atoms with E-state index in [0.29, 0.717) is 6.54 Å². The third-order valence-electron chi connectivity index (χ3n) is 2.58. The molecule has 0 aliphatic carbocycles. The minimum absolute atomic E-state index is 0.111. The third kappa shape index (κ3) is 3.94. The van der Waals surface area contributed by atoms with Crippen LogP contribution in [0.3, 0.4) is 0 Å². The molecule has 0 bridgehead atoms. The van der Waals surface area contributed by atoms with Crippen LogP contribution < -0.4 is 5.32 Å². The summed E-state index contributed by atoms with van der Waals surface area (Å²) >= 11 is 11.2. The van der Waals surface area contributed by atoms with E-state index in [4.69, 9.17) is 11.6 Å². The van der Waals surface area contributed by atoms with Gasteiger partial charge < -0.3 is 5.32 Å². The molecule has 102 valence electrons. The second-order valence-electron chi connectivity index (χ2n) is 5.37. The van der Waals surface area contributed by atoms with Crippen molar-refractivity contribution in [3.63, 3.8) is 0 Å². The van der Waals surface area contributed by atoms with Gasteiger partial charge in [-0.2, -0.15) is 0 Å². The van der Waals surface area contributed by atoms with Gasteiger partial charge in [0.15, 0.2) is 0 Å². The standard InChI is InChI=1S/C14H16BrClN2S/c1-14(2,3)13-18-10(8-19-13)7-17-12-6-9(16)4-5-11(12)15/h4-6,8,17H,7H2,1-3H3. The van der Waals surface area contributed by atoms with Crippen LogP contribution in [-0.4, -0.2) is 4.98 Å². The Labute approximate surface area is 131 Å². The van der Waals surface area contributed by atoms with Crippen molar-refractivity contribution in [2.75, 3.05) is 5.32 Å². The van der Waals surface area contributed by atoms with E-state index in [9.17, 15) is 0 Å². The first kappa shape index (κ1) is 14.8. The van der Waals surface area contributed by atoms with Crippen molar-refractivity contribution in [2.45, 2.75) is 32.7 Å². The summed E-state index contributed by atoms with van der Waals surface area (Å²) in [6.07, 6.45) is 0. The van der Waals surface area contributed by atoms with E-state index < -0.39 is 0 Å². The molecule has 2 aromatic rings. The molecule has 0 radical (unpaired) electrons. The van der Waals surface area contributed by atoms with Crippen molar-refractivity contribution in [2.24, 2.45) is 0 Å². The number of rotatable bonds is 3. The van der Waals surface area contributed by atoms with Gasteiger partial charge in [0.2, 0.25) is 0 Å². The Morgan fingerprint density at radius 1 is 1.37 bits per heavy atom. The smallest absolute Gasteiger partial charge is 0.0982 e. The first-order valence-electron chi connectivity index (χ1n) is 6.00. The van der Waals surface area contributed by atoms with Crippen molar-refractivity contribution in [3.05, 3.63) is 43.8 Å². The molecular formula is C14H16BrClN2S. The second-order valence-corrected chi connectivity index (χ2v) is 7.52. The lowest BCUT2D eigenvalue weighted by molar-refractivity contribution is 0.583. The molecule has 0 saturated heterocycles. The van der Waals surface area contributed by atoms with E-state index in [2.05, 4.69) is 52.4 Å². The molecule has 0 amide bonds. The maximum Gasteiger partial charge on any atom is 0.0982 e. The topological polar surface area (TPSA) is 24.9 Å². The fourth-order valence-corrected chi connectivity index (χ4v) is 3.02. The molecule has 1 aromatic carbocycles. The van der Waals surface area contributed by atoms with Gasteiger partial charge in [-0.15, -0.1) is 11.3 Å². The molecule has 1 aromatic heterocycles. The van der Waals surface area contributed by atoms with E-state index in [1.165, 1.54) is 0 Å². The molecular weight excluding hydrogens is 344 g/mol. The largest absolute Gasteiger partial charge is 0.378 e. The van der Waals surface area contributed by atoms with Gasteiger partial charge in [-0.3, -0.25) is 0 Å². The van der Waals surface area contributed by atoms with Crippen LogP contribution in [0.2, 0.25) is 5.02 Å². The Kier molecular flexibility index (Phi) is 4.54. The molecule has 0 unspecified atom stereocenters. The highest BCUT2D eigenvalue weighted by atomic mass is 79.9. The number of benzene rings is 1. The summed E-state index contributed by atoms with van der Waals surface area (Å²) in [6.45, 7) is 7.23. The molecule has 2 rings (SSSR count). The molecule has 1 N–H and O–H groups in total. The van der Waals surface area contributed by atoms with E-state index in [1.807, 2.05) is 18.2 Å². The van der Waals surface area contributed by atoms with Crippen molar-refractivity contribution in [1.29, 1.82) is 0 Å². The molecule has 5 heteroatoms. The molecule has 0 aliphatic rings. The summed E-state index contributed by atoms with van der Waals surface area (Å²) in [5.41, 5.74) is 2.15. The molecule has 0 aliphatic heterocycles. The van der Waals surface area contributed by atoms with E-state index in [1.54, 1.807) is 11.3 Å². The summed E-state index contributed by atoms with van der Waals surface area (Å²) in [5.74, 6) is 0. The SMILES string of the molecule is CC(C)(C)c1nc(CNc2cc(Cl)ccc2Br)cs1. The van der Waals surface area contributed by atoms with Crippen LogP contribution in [-0.2, 0) is 12.0 Å². The summed E-state index contributed by atoms with van der Waals surface area (Å²) in [4.78, 5) is 4.66. The maximum atomic E-state index is 5.99. The van der Waals surface area contributed by atoms with Crippen LogP contribution in [0.25, 0.3) is 0 Å². The first-order valence-corrected chi connectivity index (χ1v) is 8.05. The highest BCUT2D eigenvalue weighted by molar-refractivity contribution is 9.10. The summed E-state index contributed by atoms with van der Waals surface area (Å²) < 4.78 is 1.00. The molecule has 0 spiro atoms. The molecule has 0 atom stereocenters. The van der Waals surface area contributed by atoms with Gasteiger partial charge >= 0.3 is 0 Å². The zero-order valence-electron chi connectivity index (χ0n) is 11.1. The predicted octanol–water partition coefficient (Wildman–Crippen LogP) is 5.47. The fourth-order valence-electron chi connectivity index (χ4n) is 1.55. The minimum atomic E-state index is 0.111. The molecule has 0 saturated carbocycles. The van der Waals surface area contributed by atoms with Gasteiger partial charge in [-0.25, -0.2) is 4.98 Å². The van der Waals surface area contributed by atoms with Crippen LogP contribution in [0.1, 0.15) is 31.5 Å². The highest BCUT2D eigenvalue weighted by Gasteiger charge is 2.17. The average Bonchev–Trinajstić information content (AvgIpc) is 2.79. The Morgan fingerprint density at radius 2 is 2.11 bits per heavy atom. The highest BCUT2D eigenvalue weighted by Crippen LogP contribution is 2.28. The number of nitrogens with zero attached hydrogens (tertiary/aromatic N) is 1. The maximum absolute atomic E-state index is 5.99. The number of nitrogens with one attached hydrogen (secondary N) is 1. The van der Waals surface area contributed by atoms with Crippen LogP contribution in [0.4, 0.5) is 5.69 Å². The summed E-state index contributed by atoms with van der Waals surface area (Å²) in [5, 5.41) is 7.33. The normalized spacial score (nSPS) is 11.6. The quantitative estimate of drug-likeness (QED) is 0.786. The molecule has 2 nitrogen and oxygen atoms in total. The number of halogens is 2. The van der Waals surface area contributed by atoms with Crippen LogP contribution in [0.15, 0.2) is 28.1 Å². The number of anilines is 1. The van der Waals surface area contributed by atoms with E-state index in [-0.39, 0.29) is 5.41 Å². The summed E-state index contributed by atoms with van der Waals surface area (Å²) in [7, 11) is 0. The van der Waals surface area contributed by atoms with Gasteiger partial charge in [0.05, 0.1) is 22.9 Å². The van der Waals surface area contributed by atoms with Crippen molar-refractivity contribution < 1.29 is 0 Å². The molecule has 1 heterocycles. The Hall–Kier alpha value is -0.580. The fraction of sp³-hybridized carbons (Fsp3) is 0.357. The van der Waals surface area contributed by atoms with E-state index >= 15 is 0 Å². The molecule has 0 fully saturated rings. The zero-order chi connectivity index (χ0) is 14.0. The minimum Gasteiger partial charge on any atom is -0.378 e. The number of thiazole rings is 1. The average molecular weight is 360 g/mol. The van der Waals surface area contributed by atoms with Gasteiger partial charge in [-0.1, -0.05) is 32.4 Å². The monoisotopic (exact) mass is 358 g/mol. The van der Waals surface area contributed by atoms with Gasteiger partial charge in [0.1, 0.15) is 0 Å². The van der Waals surface area contributed by atoms with Gasteiger partial charge in [0, 0.05) is 20.3 Å². The second kappa shape index (κ2) is 5.81.